The second-order valence-electron chi connectivity index (χ2n) is 3.82. The van der Waals surface area contributed by atoms with Crippen molar-refractivity contribution in [2.45, 2.75) is 12.8 Å². The molecule has 0 aromatic rings. The van der Waals surface area contributed by atoms with Crippen molar-refractivity contribution >= 4 is 22.3 Å². The Kier molecular flexibility index (Phi) is 4.91. The average molecular weight is 280 g/mol. The van der Waals surface area contributed by atoms with Gasteiger partial charge in [0.1, 0.15) is 0 Å². The number of methoxy groups -OCH3 is 2. The largest absolute Gasteiger partial charge is 0.469 e. The van der Waals surface area contributed by atoms with Crippen LogP contribution in [0.2, 0.25) is 0 Å². The fourth-order valence-electron chi connectivity index (χ4n) is 1.73. The van der Waals surface area contributed by atoms with E-state index < -0.39 is 28.2 Å². The first kappa shape index (κ1) is 14.7. The van der Waals surface area contributed by atoms with Crippen LogP contribution in [0.25, 0.3) is 0 Å². The Morgan fingerprint density at radius 1 is 1.28 bits per heavy atom. The highest BCUT2D eigenvalue weighted by Crippen LogP contribution is 2.19. The number of amides is 1. The van der Waals surface area contributed by atoms with Gasteiger partial charge in [0.25, 0.3) is 0 Å². The Labute approximate surface area is 105 Å². The molecule has 1 aliphatic rings. The van der Waals surface area contributed by atoms with Crippen molar-refractivity contribution in [1.29, 1.82) is 0 Å². The lowest BCUT2D eigenvalue weighted by Gasteiger charge is -2.29. The molecule has 1 aliphatic heterocycles. The van der Waals surface area contributed by atoms with Crippen molar-refractivity contribution in [2.24, 2.45) is 5.92 Å². The summed E-state index contributed by atoms with van der Waals surface area (Å²) in [7, 11) is -1.65. The number of carbonyl (C=O) groups excluding carboxylic acids is 2. The topological polar surface area (TPSA) is 102 Å². The molecule has 1 unspecified atom stereocenters. The first-order valence-corrected chi connectivity index (χ1v) is 6.78. The summed E-state index contributed by atoms with van der Waals surface area (Å²) in [4.78, 5) is 22.3. The molecular weight excluding hydrogens is 264 g/mol. The maximum atomic E-state index is 11.8. The lowest BCUT2D eigenvalue weighted by atomic mass is 10.0. The number of nitrogens with one attached hydrogen (secondary N) is 1. The van der Waals surface area contributed by atoms with Crippen molar-refractivity contribution < 1.29 is 27.5 Å². The molecule has 1 N–H and O–H groups in total. The zero-order valence-corrected chi connectivity index (χ0v) is 11.0. The minimum Gasteiger partial charge on any atom is -0.469 e. The second kappa shape index (κ2) is 6.01. The number of piperidine rings is 1. The van der Waals surface area contributed by atoms with Gasteiger partial charge in [0.2, 0.25) is 0 Å². The molecule has 0 radical (unpaired) electrons. The SMILES string of the molecule is COC(=O)NS(=O)(=O)N1CCCC(C(=O)OC)C1. The summed E-state index contributed by atoms with van der Waals surface area (Å²) < 4.78 is 35.1. The van der Waals surface area contributed by atoms with Gasteiger partial charge in [-0.1, -0.05) is 0 Å². The minimum absolute atomic E-state index is 0.000991. The van der Waals surface area contributed by atoms with E-state index in [9.17, 15) is 18.0 Å². The lowest BCUT2D eigenvalue weighted by molar-refractivity contribution is -0.146. The number of ether oxygens (including phenoxy) is 2. The monoisotopic (exact) mass is 280 g/mol. The Bertz CT molecular complexity index is 421. The van der Waals surface area contributed by atoms with Crippen LogP contribution in [0.1, 0.15) is 12.8 Å². The number of nitrogens with zero attached hydrogens (tertiary/aromatic N) is 1. The molecule has 104 valence electrons. The summed E-state index contributed by atoms with van der Waals surface area (Å²) in [5, 5.41) is 0. The molecule has 1 atom stereocenters. The highest BCUT2D eigenvalue weighted by molar-refractivity contribution is 7.87. The smallest absolute Gasteiger partial charge is 0.421 e. The van der Waals surface area contributed by atoms with Crippen molar-refractivity contribution in [2.75, 3.05) is 27.3 Å². The summed E-state index contributed by atoms with van der Waals surface area (Å²) in [6, 6.07) is 0. The van der Waals surface area contributed by atoms with Gasteiger partial charge in [0, 0.05) is 13.1 Å². The van der Waals surface area contributed by atoms with E-state index in [0.717, 1.165) is 11.4 Å². The number of hydrogen-bond donors (Lipinski definition) is 1. The van der Waals surface area contributed by atoms with Gasteiger partial charge in [0.15, 0.2) is 0 Å². The van der Waals surface area contributed by atoms with E-state index >= 15 is 0 Å². The summed E-state index contributed by atoms with van der Waals surface area (Å²) in [5.41, 5.74) is 0. The number of hydrogen-bond acceptors (Lipinski definition) is 6. The molecular formula is C9H16N2O6S. The molecule has 0 aromatic carbocycles. The predicted octanol–water partition coefficient (Wildman–Crippen LogP) is -0.528. The second-order valence-corrected chi connectivity index (χ2v) is 5.49. The van der Waals surface area contributed by atoms with Gasteiger partial charge in [-0.05, 0) is 12.8 Å². The fourth-order valence-corrected chi connectivity index (χ4v) is 2.90. The molecule has 1 saturated heterocycles. The third kappa shape index (κ3) is 3.57. The quantitative estimate of drug-likeness (QED) is 0.697. The molecule has 0 aromatic heterocycles. The summed E-state index contributed by atoms with van der Waals surface area (Å²) in [5.74, 6) is -0.953. The van der Waals surface area contributed by atoms with Crippen LogP contribution in [0.4, 0.5) is 4.79 Å². The molecule has 18 heavy (non-hydrogen) atoms. The van der Waals surface area contributed by atoms with E-state index in [-0.39, 0.29) is 13.1 Å². The Morgan fingerprint density at radius 2 is 1.94 bits per heavy atom. The van der Waals surface area contributed by atoms with E-state index in [4.69, 9.17) is 0 Å². The fraction of sp³-hybridized carbons (Fsp3) is 0.778. The molecule has 8 nitrogen and oxygen atoms in total. The molecule has 0 bridgehead atoms. The van der Waals surface area contributed by atoms with E-state index in [0.29, 0.717) is 12.8 Å². The van der Waals surface area contributed by atoms with Crippen molar-refractivity contribution in [3.63, 3.8) is 0 Å². The Balaban J connectivity index is 2.71. The van der Waals surface area contributed by atoms with E-state index in [1.807, 2.05) is 0 Å². The minimum atomic E-state index is -3.97. The normalized spacial score (nSPS) is 21.1. The molecule has 0 saturated carbocycles. The molecule has 1 rings (SSSR count). The predicted molar refractivity (Wildman–Crippen MR) is 60.8 cm³/mol. The van der Waals surface area contributed by atoms with Crippen molar-refractivity contribution in [3.8, 4) is 0 Å². The molecule has 0 aliphatic carbocycles. The van der Waals surface area contributed by atoms with Gasteiger partial charge in [-0.3, -0.25) is 4.79 Å². The maximum absolute atomic E-state index is 11.8. The Hall–Kier alpha value is -1.35. The average Bonchev–Trinajstić information content (AvgIpc) is 2.37. The van der Waals surface area contributed by atoms with E-state index in [1.54, 1.807) is 4.72 Å². The van der Waals surface area contributed by atoms with Crippen LogP contribution < -0.4 is 4.72 Å². The van der Waals surface area contributed by atoms with Crippen LogP contribution in [0.3, 0.4) is 0 Å². The number of carbonyl (C=O) groups is 2. The first-order chi connectivity index (χ1) is 8.40. The summed E-state index contributed by atoms with van der Waals surface area (Å²) >= 11 is 0. The molecule has 9 heteroatoms. The molecule has 0 spiro atoms. The third-order valence-electron chi connectivity index (χ3n) is 2.66. The standard InChI is InChI=1S/C9H16N2O6S/c1-16-8(12)7-4-3-5-11(6-7)18(14,15)10-9(13)17-2/h7H,3-6H2,1-2H3,(H,10,13). The van der Waals surface area contributed by atoms with Gasteiger partial charge in [-0.2, -0.15) is 12.7 Å². The molecule has 1 heterocycles. The maximum Gasteiger partial charge on any atom is 0.421 e. The highest BCUT2D eigenvalue weighted by Gasteiger charge is 2.33. The van der Waals surface area contributed by atoms with E-state index in [2.05, 4.69) is 9.47 Å². The van der Waals surface area contributed by atoms with Gasteiger partial charge in [0.05, 0.1) is 20.1 Å². The van der Waals surface area contributed by atoms with Gasteiger partial charge in [-0.15, -0.1) is 0 Å². The van der Waals surface area contributed by atoms with Crippen molar-refractivity contribution in [3.05, 3.63) is 0 Å². The highest BCUT2D eigenvalue weighted by atomic mass is 32.2. The van der Waals surface area contributed by atoms with Crippen LogP contribution in [0, 0.1) is 5.92 Å². The van der Waals surface area contributed by atoms with Crippen LogP contribution >= 0.6 is 0 Å². The summed E-state index contributed by atoms with van der Waals surface area (Å²) in [6.45, 7) is 0.249. The van der Waals surface area contributed by atoms with Crippen LogP contribution in [0.5, 0.6) is 0 Å². The zero-order valence-electron chi connectivity index (χ0n) is 10.2. The van der Waals surface area contributed by atoms with Crippen LogP contribution in [0.15, 0.2) is 0 Å². The van der Waals surface area contributed by atoms with Gasteiger partial charge < -0.3 is 9.47 Å². The van der Waals surface area contributed by atoms with Crippen molar-refractivity contribution in [1.82, 2.24) is 9.03 Å². The number of rotatable bonds is 3. The first-order valence-electron chi connectivity index (χ1n) is 5.34. The zero-order chi connectivity index (χ0) is 13.8. The summed E-state index contributed by atoms with van der Waals surface area (Å²) in [6.07, 6.45) is 0.0360. The van der Waals surface area contributed by atoms with Gasteiger partial charge >= 0.3 is 22.3 Å². The number of esters is 1. The molecule has 1 amide bonds. The third-order valence-corrected chi connectivity index (χ3v) is 4.09. The lowest BCUT2D eigenvalue weighted by Crippen LogP contribution is -2.49. The van der Waals surface area contributed by atoms with Crippen LogP contribution in [-0.2, 0) is 24.5 Å². The van der Waals surface area contributed by atoms with E-state index in [1.165, 1.54) is 7.11 Å². The molecule has 1 fully saturated rings. The Morgan fingerprint density at radius 3 is 2.50 bits per heavy atom. The van der Waals surface area contributed by atoms with Gasteiger partial charge in [-0.25, -0.2) is 9.52 Å². The van der Waals surface area contributed by atoms with Crippen LogP contribution in [-0.4, -0.2) is 52.1 Å².